The zero-order chi connectivity index (χ0) is 17.5. The van der Waals surface area contributed by atoms with Crippen molar-refractivity contribution in [3.05, 3.63) is 65.8 Å². The predicted molar refractivity (Wildman–Crippen MR) is 111 cm³/mol. The van der Waals surface area contributed by atoms with Crippen molar-refractivity contribution in [3.8, 4) is 0 Å². The lowest BCUT2D eigenvalue weighted by atomic mass is 10.2. The van der Waals surface area contributed by atoms with Gasteiger partial charge in [0.1, 0.15) is 0 Å². The second-order valence-corrected chi connectivity index (χ2v) is 6.39. The van der Waals surface area contributed by atoms with E-state index in [1.807, 2.05) is 54.6 Å². The molecule has 0 aliphatic carbocycles. The first-order chi connectivity index (χ1) is 12.2. The summed E-state index contributed by atoms with van der Waals surface area (Å²) in [6.07, 6.45) is 2.73. The summed E-state index contributed by atoms with van der Waals surface area (Å²) in [7, 11) is 0. The van der Waals surface area contributed by atoms with Gasteiger partial charge in [-0.05, 0) is 55.0 Å². The lowest BCUT2D eigenvalue weighted by molar-refractivity contribution is 0.809. The second-order valence-electron chi connectivity index (χ2n) is 5.55. The molecule has 3 rings (SSSR count). The van der Waals surface area contributed by atoms with Crippen molar-refractivity contribution >= 4 is 51.2 Å². The van der Waals surface area contributed by atoms with E-state index in [-0.39, 0.29) is 0 Å². The molecule has 0 bridgehead atoms. The Morgan fingerprint density at radius 3 is 2.72 bits per heavy atom. The van der Waals surface area contributed by atoms with Gasteiger partial charge in [-0.25, -0.2) is 0 Å². The number of halogens is 1. The van der Waals surface area contributed by atoms with E-state index in [1.54, 1.807) is 6.20 Å². The first kappa shape index (κ1) is 17.5. The zero-order valence-corrected chi connectivity index (χ0v) is 15.2. The molecular formula is C19H19ClN4S. The molecule has 0 spiro atoms. The zero-order valence-electron chi connectivity index (χ0n) is 13.6. The van der Waals surface area contributed by atoms with Crippen LogP contribution >= 0.6 is 23.8 Å². The number of hydrogen-bond acceptors (Lipinski definition) is 3. The molecule has 128 valence electrons. The molecule has 0 fully saturated rings. The Morgan fingerprint density at radius 2 is 1.88 bits per heavy atom. The van der Waals surface area contributed by atoms with E-state index in [4.69, 9.17) is 23.8 Å². The van der Waals surface area contributed by atoms with Crippen LogP contribution in [0.2, 0.25) is 5.02 Å². The number of fused-ring (bicyclic) bond motifs is 1. The molecule has 0 radical (unpaired) electrons. The van der Waals surface area contributed by atoms with E-state index in [2.05, 4.69) is 20.9 Å². The van der Waals surface area contributed by atoms with Gasteiger partial charge < -0.3 is 16.0 Å². The Balaban J connectivity index is 1.44. The number of rotatable bonds is 6. The summed E-state index contributed by atoms with van der Waals surface area (Å²) < 4.78 is 0. The Kier molecular flexibility index (Phi) is 6.04. The quantitative estimate of drug-likeness (QED) is 0.434. The summed E-state index contributed by atoms with van der Waals surface area (Å²) in [6, 6.07) is 17.6. The number of thiocarbonyl (C=S) groups is 1. The first-order valence-electron chi connectivity index (χ1n) is 8.10. The summed E-state index contributed by atoms with van der Waals surface area (Å²) >= 11 is 11.3. The molecule has 0 atom stereocenters. The minimum absolute atomic E-state index is 0.634. The number of nitrogens with zero attached hydrogens (tertiary/aromatic N) is 1. The van der Waals surface area contributed by atoms with Gasteiger partial charge >= 0.3 is 0 Å². The topological polar surface area (TPSA) is 49.0 Å². The SMILES string of the molecule is S=C(NCCCNc1ccnc2cc(Cl)ccc12)Nc1ccccc1. The minimum atomic E-state index is 0.634. The Morgan fingerprint density at radius 1 is 1.04 bits per heavy atom. The van der Waals surface area contributed by atoms with Crippen molar-refractivity contribution in [1.82, 2.24) is 10.3 Å². The van der Waals surface area contributed by atoms with Crippen LogP contribution in [0.25, 0.3) is 10.9 Å². The molecule has 0 amide bonds. The number of benzene rings is 2. The van der Waals surface area contributed by atoms with Crippen LogP contribution in [0.3, 0.4) is 0 Å². The van der Waals surface area contributed by atoms with E-state index < -0.39 is 0 Å². The number of nitrogens with one attached hydrogen (secondary N) is 3. The van der Waals surface area contributed by atoms with Gasteiger partial charge in [0.05, 0.1) is 5.52 Å². The molecule has 0 aliphatic rings. The van der Waals surface area contributed by atoms with Crippen LogP contribution in [0.5, 0.6) is 0 Å². The molecule has 0 aliphatic heterocycles. The third kappa shape index (κ3) is 5.05. The number of anilines is 2. The maximum absolute atomic E-state index is 6.02. The van der Waals surface area contributed by atoms with Crippen LogP contribution in [0.4, 0.5) is 11.4 Å². The van der Waals surface area contributed by atoms with Crippen LogP contribution < -0.4 is 16.0 Å². The van der Waals surface area contributed by atoms with Crippen LogP contribution in [0, 0.1) is 0 Å². The maximum Gasteiger partial charge on any atom is 0.170 e. The highest BCUT2D eigenvalue weighted by atomic mass is 35.5. The summed E-state index contributed by atoms with van der Waals surface area (Å²) in [5, 5.41) is 12.2. The molecular weight excluding hydrogens is 352 g/mol. The molecule has 25 heavy (non-hydrogen) atoms. The van der Waals surface area contributed by atoms with E-state index in [0.29, 0.717) is 10.1 Å². The average Bonchev–Trinajstić information content (AvgIpc) is 2.62. The fourth-order valence-corrected chi connectivity index (χ4v) is 2.87. The predicted octanol–water partition coefficient (Wildman–Crippen LogP) is 4.68. The van der Waals surface area contributed by atoms with Gasteiger partial charge in [0.2, 0.25) is 0 Å². The number of aromatic nitrogens is 1. The van der Waals surface area contributed by atoms with Gasteiger partial charge in [0, 0.05) is 41.1 Å². The highest BCUT2D eigenvalue weighted by Crippen LogP contribution is 2.24. The molecule has 2 aromatic carbocycles. The first-order valence-corrected chi connectivity index (χ1v) is 8.89. The van der Waals surface area contributed by atoms with E-state index >= 15 is 0 Å². The normalized spacial score (nSPS) is 10.4. The van der Waals surface area contributed by atoms with Gasteiger partial charge in [0.15, 0.2) is 5.11 Å². The maximum atomic E-state index is 6.02. The highest BCUT2D eigenvalue weighted by molar-refractivity contribution is 7.80. The standard InChI is InChI=1S/C19H19ClN4S/c20-14-7-8-16-17(9-12-22-18(16)13-14)21-10-4-11-23-19(25)24-15-5-2-1-3-6-15/h1-3,5-9,12-13H,4,10-11H2,(H,21,22)(H2,23,24,25). The largest absolute Gasteiger partial charge is 0.384 e. The Labute approximate surface area is 157 Å². The molecule has 1 aromatic heterocycles. The molecule has 6 heteroatoms. The summed E-state index contributed by atoms with van der Waals surface area (Å²) in [5.74, 6) is 0. The smallest absolute Gasteiger partial charge is 0.170 e. The van der Waals surface area contributed by atoms with Crippen LogP contribution in [-0.4, -0.2) is 23.2 Å². The van der Waals surface area contributed by atoms with Gasteiger partial charge in [-0.2, -0.15) is 0 Å². The molecule has 4 nitrogen and oxygen atoms in total. The van der Waals surface area contributed by atoms with Gasteiger partial charge in [0.25, 0.3) is 0 Å². The molecule has 1 heterocycles. The number of para-hydroxylation sites is 1. The molecule has 3 aromatic rings. The molecule has 0 unspecified atom stereocenters. The van der Waals surface area contributed by atoms with Crippen molar-refractivity contribution in [2.45, 2.75) is 6.42 Å². The molecule has 3 N–H and O–H groups in total. The van der Waals surface area contributed by atoms with E-state index in [0.717, 1.165) is 41.8 Å². The van der Waals surface area contributed by atoms with E-state index in [9.17, 15) is 0 Å². The van der Waals surface area contributed by atoms with Crippen molar-refractivity contribution < 1.29 is 0 Å². The van der Waals surface area contributed by atoms with Crippen LogP contribution in [0.15, 0.2) is 60.8 Å². The third-order valence-electron chi connectivity index (χ3n) is 3.69. The van der Waals surface area contributed by atoms with Crippen molar-refractivity contribution in [2.24, 2.45) is 0 Å². The van der Waals surface area contributed by atoms with Crippen molar-refractivity contribution in [2.75, 3.05) is 23.7 Å². The number of hydrogen-bond donors (Lipinski definition) is 3. The van der Waals surface area contributed by atoms with Crippen molar-refractivity contribution in [1.29, 1.82) is 0 Å². The molecule has 0 saturated carbocycles. The lowest BCUT2D eigenvalue weighted by Gasteiger charge is -2.12. The second kappa shape index (κ2) is 8.65. The van der Waals surface area contributed by atoms with E-state index in [1.165, 1.54) is 0 Å². The Hall–Kier alpha value is -2.37. The lowest BCUT2D eigenvalue weighted by Crippen LogP contribution is -2.30. The fourth-order valence-electron chi connectivity index (χ4n) is 2.49. The fraction of sp³-hybridized carbons (Fsp3) is 0.158. The Bertz CT molecular complexity index is 854. The van der Waals surface area contributed by atoms with Gasteiger partial charge in [-0.1, -0.05) is 29.8 Å². The minimum Gasteiger partial charge on any atom is -0.384 e. The summed E-state index contributed by atoms with van der Waals surface area (Å²) in [6.45, 7) is 1.63. The monoisotopic (exact) mass is 370 g/mol. The van der Waals surface area contributed by atoms with Crippen LogP contribution in [0.1, 0.15) is 6.42 Å². The van der Waals surface area contributed by atoms with Gasteiger partial charge in [-0.15, -0.1) is 0 Å². The highest BCUT2D eigenvalue weighted by Gasteiger charge is 2.02. The summed E-state index contributed by atoms with van der Waals surface area (Å²) in [4.78, 5) is 4.35. The van der Waals surface area contributed by atoms with Crippen molar-refractivity contribution in [3.63, 3.8) is 0 Å². The summed E-state index contributed by atoms with van der Waals surface area (Å²) in [5.41, 5.74) is 2.94. The average molecular weight is 371 g/mol. The third-order valence-corrected chi connectivity index (χ3v) is 4.17. The van der Waals surface area contributed by atoms with Crippen LogP contribution in [-0.2, 0) is 0 Å². The van der Waals surface area contributed by atoms with Gasteiger partial charge in [-0.3, -0.25) is 4.98 Å². The number of pyridine rings is 1. The molecule has 0 saturated heterocycles.